The molecule has 0 saturated carbocycles. The highest BCUT2D eigenvalue weighted by atomic mass is 35.5. The normalized spacial score (nSPS) is 11.3. The van der Waals surface area contributed by atoms with Crippen LogP contribution in [0.4, 0.5) is 0 Å². The van der Waals surface area contributed by atoms with Gasteiger partial charge < -0.3 is 9.05 Å². The van der Waals surface area contributed by atoms with Crippen molar-refractivity contribution in [1.29, 1.82) is 0 Å². The smallest absolute Gasteiger partial charge is 0.408 e. The van der Waals surface area contributed by atoms with Gasteiger partial charge in [-0.25, -0.2) is 4.57 Å². The third-order valence-electron chi connectivity index (χ3n) is 2.98. The van der Waals surface area contributed by atoms with E-state index in [1.54, 1.807) is 36.4 Å². The van der Waals surface area contributed by atoms with Crippen LogP contribution in [-0.2, 0) is 4.57 Å². The minimum absolute atomic E-state index is 0.460. The molecular formula is C16H17Cl2O3PS. The SMILES string of the molecule is CCSP(=O)(Oc1ccc(Cl)c(C)c1)Oc1ccc(Cl)c(C)c1. The van der Waals surface area contributed by atoms with Crippen LogP contribution >= 0.6 is 41.4 Å². The van der Waals surface area contributed by atoms with Gasteiger partial charge in [-0.1, -0.05) is 30.1 Å². The molecule has 0 radical (unpaired) electrons. The van der Waals surface area contributed by atoms with Crippen molar-refractivity contribution in [3.63, 3.8) is 0 Å². The molecule has 0 fully saturated rings. The summed E-state index contributed by atoms with van der Waals surface area (Å²) in [6, 6.07) is 10.2. The third kappa shape index (κ3) is 5.09. The molecule has 3 nitrogen and oxygen atoms in total. The molecule has 23 heavy (non-hydrogen) atoms. The predicted molar refractivity (Wildman–Crippen MR) is 99.4 cm³/mol. The Labute approximate surface area is 150 Å². The summed E-state index contributed by atoms with van der Waals surface area (Å²) in [5.41, 5.74) is 1.69. The molecule has 0 aliphatic rings. The molecular weight excluding hydrogens is 374 g/mol. The van der Waals surface area contributed by atoms with Gasteiger partial charge in [0.2, 0.25) is 0 Å². The van der Waals surface area contributed by atoms with Crippen LogP contribution in [0.15, 0.2) is 36.4 Å². The predicted octanol–water partition coefficient (Wildman–Crippen LogP) is 6.93. The minimum Gasteiger partial charge on any atom is -0.408 e. The molecule has 0 N–H and O–H groups in total. The highest BCUT2D eigenvalue weighted by Crippen LogP contribution is 2.59. The molecule has 0 spiro atoms. The molecule has 2 rings (SSSR count). The zero-order chi connectivity index (χ0) is 17.0. The van der Waals surface area contributed by atoms with Crippen LogP contribution < -0.4 is 9.05 Å². The molecule has 0 heterocycles. The quantitative estimate of drug-likeness (QED) is 0.500. The minimum atomic E-state index is -3.40. The zero-order valence-electron chi connectivity index (χ0n) is 13.0. The van der Waals surface area contributed by atoms with Crippen molar-refractivity contribution in [3.05, 3.63) is 57.6 Å². The summed E-state index contributed by atoms with van der Waals surface area (Å²) in [6.07, 6.45) is 0. The van der Waals surface area contributed by atoms with Gasteiger partial charge in [0.1, 0.15) is 11.5 Å². The number of rotatable bonds is 6. The van der Waals surface area contributed by atoms with Gasteiger partial charge in [-0.2, -0.15) is 0 Å². The summed E-state index contributed by atoms with van der Waals surface area (Å²) in [4.78, 5) is 0. The Morgan fingerprint density at radius 1 is 0.957 bits per heavy atom. The maximum absolute atomic E-state index is 13.0. The lowest BCUT2D eigenvalue weighted by Gasteiger charge is -2.19. The second-order valence-electron chi connectivity index (χ2n) is 4.87. The number of benzene rings is 2. The topological polar surface area (TPSA) is 35.5 Å². The number of halogens is 2. The molecule has 0 aliphatic heterocycles. The summed E-state index contributed by atoms with van der Waals surface area (Å²) >= 11 is 13.1. The first-order chi connectivity index (χ1) is 10.8. The molecule has 0 aliphatic carbocycles. The fraction of sp³-hybridized carbons (Fsp3) is 0.250. The summed E-state index contributed by atoms with van der Waals surface area (Å²) in [5, 5.41) is 1.26. The highest BCUT2D eigenvalue weighted by molar-refractivity contribution is 8.55. The van der Waals surface area contributed by atoms with Crippen molar-refractivity contribution >= 4 is 41.4 Å². The van der Waals surface area contributed by atoms with Gasteiger partial charge in [0.05, 0.1) is 0 Å². The first-order valence-electron chi connectivity index (χ1n) is 6.99. The molecule has 0 atom stereocenters. The van der Waals surface area contributed by atoms with Crippen LogP contribution in [0.1, 0.15) is 18.1 Å². The zero-order valence-corrected chi connectivity index (χ0v) is 16.2. The number of hydrogen-bond acceptors (Lipinski definition) is 4. The van der Waals surface area contributed by atoms with Crippen molar-refractivity contribution in [2.24, 2.45) is 0 Å². The largest absolute Gasteiger partial charge is 0.492 e. The van der Waals surface area contributed by atoms with Gasteiger partial charge >= 0.3 is 6.80 Å². The molecule has 7 heteroatoms. The van der Waals surface area contributed by atoms with Gasteiger partial charge in [-0.05, 0) is 72.8 Å². The Morgan fingerprint density at radius 3 is 1.74 bits per heavy atom. The summed E-state index contributed by atoms with van der Waals surface area (Å²) in [6.45, 7) is 2.21. The Balaban J connectivity index is 2.25. The molecule has 124 valence electrons. The van der Waals surface area contributed by atoms with Gasteiger partial charge in [0.15, 0.2) is 0 Å². The Hall–Kier alpha value is -0.800. The lowest BCUT2D eigenvalue weighted by molar-refractivity contribution is 0.408. The van der Waals surface area contributed by atoms with E-state index in [-0.39, 0.29) is 0 Å². The van der Waals surface area contributed by atoms with Crippen molar-refractivity contribution in [2.45, 2.75) is 20.8 Å². The van der Waals surface area contributed by atoms with Gasteiger partial charge in [-0.15, -0.1) is 0 Å². The fourth-order valence-corrected chi connectivity index (χ4v) is 5.05. The molecule has 0 saturated heterocycles. The maximum Gasteiger partial charge on any atom is 0.492 e. The van der Waals surface area contributed by atoms with Crippen LogP contribution in [0.2, 0.25) is 10.0 Å². The van der Waals surface area contributed by atoms with Crippen molar-refractivity contribution in [2.75, 3.05) is 5.75 Å². The lowest BCUT2D eigenvalue weighted by Crippen LogP contribution is -1.99. The molecule has 2 aromatic carbocycles. The second-order valence-corrected chi connectivity index (χ2v) is 9.90. The highest BCUT2D eigenvalue weighted by Gasteiger charge is 2.29. The maximum atomic E-state index is 13.0. The lowest BCUT2D eigenvalue weighted by atomic mass is 10.2. The van der Waals surface area contributed by atoms with E-state index >= 15 is 0 Å². The van der Waals surface area contributed by atoms with Crippen LogP contribution in [0, 0.1) is 13.8 Å². The molecule has 0 unspecified atom stereocenters. The van der Waals surface area contributed by atoms with E-state index in [2.05, 4.69) is 0 Å². The van der Waals surface area contributed by atoms with Gasteiger partial charge in [-0.3, -0.25) is 0 Å². The van der Waals surface area contributed by atoms with Crippen molar-refractivity contribution < 1.29 is 13.6 Å². The Kier molecular flexibility index (Phi) is 6.33. The van der Waals surface area contributed by atoms with Crippen LogP contribution in [0.25, 0.3) is 0 Å². The van der Waals surface area contributed by atoms with E-state index in [4.69, 9.17) is 32.2 Å². The molecule has 2 aromatic rings. The number of hydrogen-bond donors (Lipinski definition) is 0. The van der Waals surface area contributed by atoms with Crippen LogP contribution in [0.5, 0.6) is 11.5 Å². The number of aryl methyl sites for hydroxylation is 2. The average Bonchev–Trinajstić information content (AvgIpc) is 2.47. The molecule has 0 aromatic heterocycles. The summed E-state index contributed by atoms with van der Waals surface area (Å²) in [5.74, 6) is 1.51. The molecule has 0 amide bonds. The van der Waals surface area contributed by atoms with Crippen LogP contribution in [-0.4, -0.2) is 5.75 Å². The third-order valence-corrected chi connectivity index (χ3v) is 7.44. The molecule has 0 bridgehead atoms. The van der Waals surface area contributed by atoms with Gasteiger partial charge in [0.25, 0.3) is 0 Å². The van der Waals surface area contributed by atoms with Gasteiger partial charge in [0, 0.05) is 15.8 Å². The van der Waals surface area contributed by atoms with Crippen molar-refractivity contribution in [1.82, 2.24) is 0 Å². The standard InChI is InChI=1S/C16H17Cl2O3PS/c1-4-23-22(19,20-13-5-7-15(17)11(2)9-13)21-14-6-8-16(18)12(3)10-14/h5-10H,4H2,1-3H3. The Bertz CT molecular complexity index is 695. The fourth-order valence-electron chi connectivity index (χ4n) is 1.84. The van der Waals surface area contributed by atoms with E-state index in [1.165, 1.54) is 0 Å². The monoisotopic (exact) mass is 390 g/mol. The van der Waals surface area contributed by atoms with Crippen LogP contribution in [0.3, 0.4) is 0 Å². The first kappa shape index (κ1) is 18.5. The Morgan fingerprint density at radius 2 is 1.39 bits per heavy atom. The second kappa shape index (κ2) is 7.85. The summed E-state index contributed by atoms with van der Waals surface area (Å²) in [7, 11) is 0. The summed E-state index contributed by atoms with van der Waals surface area (Å²) < 4.78 is 24.3. The average molecular weight is 391 g/mol. The first-order valence-corrected chi connectivity index (χ1v) is 10.9. The van der Waals surface area contributed by atoms with E-state index in [0.717, 1.165) is 22.5 Å². The van der Waals surface area contributed by atoms with E-state index < -0.39 is 6.80 Å². The van der Waals surface area contributed by atoms with E-state index in [9.17, 15) is 4.57 Å². The van der Waals surface area contributed by atoms with E-state index in [0.29, 0.717) is 27.3 Å². The van der Waals surface area contributed by atoms with Crippen molar-refractivity contribution in [3.8, 4) is 11.5 Å². The van der Waals surface area contributed by atoms with E-state index in [1.807, 2.05) is 20.8 Å².